The zero-order valence-electron chi connectivity index (χ0n) is 7.79. The summed E-state index contributed by atoms with van der Waals surface area (Å²) >= 11 is 5.74. The van der Waals surface area contributed by atoms with Crippen LogP contribution < -0.4 is 10.5 Å². The van der Waals surface area contributed by atoms with Gasteiger partial charge in [0.25, 0.3) is 0 Å². The van der Waals surface area contributed by atoms with Crippen LogP contribution in [0.15, 0.2) is 18.2 Å². The highest BCUT2D eigenvalue weighted by atomic mass is 35.5. The Balaban J connectivity index is 2.47. The fraction of sp³-hybridized carbons (Fsp3) is 0.273. The predicted octanol–water partition coefficient (Wildman–Crippen LogP) is 2.71. The smallest absolute Gasteiger partial charge is 0.142 e. The van der Waals surface area contributed by atoms with Gasteiger partial charge in [-0.2, -0.15) is 0 Å². The van der Waals surface area contributed by atoms with Crippen LogP contribution >= 0.6 is 11.6 Å². The van der Waals surface area contributed by atoms with Crippen LogP contribution in [0.2, 0.25) is 5.02 Å². The van der Waals surface area contributed by atoms with Gasteiger partial charge in [0, 0.05) is 11.4 Å². The second kappa shape index (κ2) is 5.41. The van der Waals surface area contributed by atoms with Gasteiger partial charge < -0.3 is 10.5 Å². The average molecular weight is 210 g/mol. The van der Waals surface area contributed by atoms with E-state index in [1.807, 2.05) is 0 Å². The van der Waals surface area contributed by atoms with E-state index in [1.54, 1.807) is 18.2 Å². The lowest BCUT2D eigenvalue weighted by Crippen LogP contribution is -1.99. The number of hydrogen-bond acceptors (Lipinski definition) is 2. The van der Waals surface area contributed by atoms with Crippen molar-refractivity contribution in [3.63, 3.8) is 0 Å². The highest BCUT2D eigenvalue weighted by Crippen LogP contribution is 2.24. The minimum atomic E-state index is 0.554. The van der Waals surface area contributed by atoms with Crippen LogP contribution in [0, 0.1) is 12.3 Å². The van der Waals surface area contributed by atoms with E-state index in [9.17, 15) is 0 Å². The molecule has 0 aromatic heterocycles. The van der Waals surface area contributed by atoms with Crippen molar-refractivity contribution in [1.29, 1.82) is 0 Å². The van der Waals surface area contributed by atoms with E-state index in [2.05, 4.69) is 5.92 Å². The molecule has 0 spiro atoms. The van der Waals surface area contributed by atoms with Gasteiger partial charge in [0.05, 0.1) is 12.3 Å². The van der Waals surface area contributed by atoms with Crippen LogP contribution in [0.3, 0.4) is 0 Å². The molecule has 0 amide bonds. The van der Waals surface area contributed by atoms with Gasteiger partial charge in [0.2, 0.25) is 0 Å². The fourth-order valence-corrected chi connectivity index (χ4v) is 1.19. The van der Waals surface area contributed by atoms with E-state index in [1.165, 1.54) is 0 Å². The number of nitrogens with two attached hydrogens (primary N) is 1. The van der Waals surface area contributed by atoms with E-state index in [4.69, 9.17) is 28.5 Å². The van der Waals surface area contributed by atoms with Crippen molar-refractivity contribution in [3.05, 3.63) is 23.2 Å². The van der Waals surface area contributed by atoms with Gasteiger partial charge in [-0.1, -0.05) is 11.6 Å². The molecule has 3 heteroatoms. The first-order valence-electron chi connectivity index (χ1n) is 4.35. The van der Waals surface area contributed by atoms with Crippen molar-refractivity contribution in [2.75, 3.05) is 12.3 Å². The number of benzene rings is 1. The molecule has 74 valence electrons. The fourth-order valence-electron chi connectivity index (χ4n) is 1.01. The van der Waals surface area contributed by atoms with Crippen molar-refractivity contribution in [2.45, 2.75) is 12.8 Å². The molecule has 0 bridgehead atoms. The molecular weight excluding hydrogens is 198 g/mol. The van der Waals surface area contributed by atoms with Crippen LogP contribution in [0.5, 0.6) is 5.75 Å². The first-order chi connectivity index (χ1) is 6.74. The zero-order chi connectivity index (χ0) is 10.4. The zero-order valence-corrected chi connectivity index (χ0v) is 8.55. The van der Waals surface area contributed by atoms with E-state index in [-0.39, 0.29) is 0 Å². The molecule has 1 aromatic rings. The van der Waals surface area contributed by atoms with Gasteiger partial charge in [0.1, 0.15) is 5.75 Å². The summed E-state index contributed by atoms with van der Waals surface area (Å²) in [5.74, 6) is 3.20. The second-order valence-corrected chi connectivity index (χ2v) is 3.27. The Morgan fingerprint density at radius 1 is 1.50 bits per heavy atom. The van der Waals surface area contributed by atoms with Crippen molar-refractivity contribution in [1.82, 2.24) is 0 Å². The van der Waals surface area contributed by atoms with Gasteiger partial charge in [-0.15, -0.1) is 12.3 Å². The summed E-state index contributed by atoms with van der Waals surface area (Å²) in [7, 11) is 0. The molecule has 1 rings (SSSR count). The Kier molecular flexibility index (Phi) is 4.15. The number of hydrogen-bond donors (Lipinski definition) is 1. The number of halogens is 1. The quantitative estimate of drug-likeness (QED) is 0.470. The van der Waals surface area contributed by atoms with Crippen LogP contribution in [-0.4, -0.2) is 6.61 Å². The molecule has 0 aliphatic carbocycles. The molecule has 14 heavy (non-hydrogen) atoms. The first kappa shape index (κ1) is 10.7. The van der Waals surface area contributed by atoms with Crippen LogP contribution in [0.4, 0.5) is 5.69 Å². The lowest BCUT2D eigenvalue weighted by molar-refractivity contribution is 0.314. The predicted molar refractivity (Wildman–Crippen MR) is 59.4 cm³/mol. The summed E-state index contributed by atoms with van der Waals surface area (Å²) < 4.78 is 5.41. The Morgan fingerprint density at radius 3 is 2.93 bits per heavy atom. The van der Waals surface area contributed by atoms with Crippen molar-refractivity contribution >= 4 is 17.3 Å². The Bertz CT molecular complexity index is 344. The number of ether oxygens (including phenoxy) is 1. The lowest BCUT2D eigenvalue weighted by Gasteiger charge is -2.07. The largest absolute Gasteiger partial charge is 0.491 e. The summed E-state index contributed by atoms with van der Waals surface area (Å²) in [4.78, 5) is 0. The normalized spacial score (nSPS) is 9.43. The van der Waals surface area contributed by atoms with Gasteiger partial charge >= 0.3 is 0 Å². The number of anilines is 1. The highest BCUT2D eigenvalue weighted by molar-refractivity contribution is 6.30. The summed E-state index contributed by atoms with van der Waals surface area (Å²) in [6, 6.07) is 5.17. The average Bonchev–Trinajstić information content (AvgIpc) is 2.15. The first-order valence-corrected chi connectivity index (χ1v) is 4.73. The molecule has 0 fully saturated rings. The number of nitrogen functional groups attached to an aromatic ring is 1. The third-order valence-electron chi connectivity index (χ3n) is 1.69. The standard InChI is InChI=1S/C11H12ClNO/c1-2-3-4-7-14-11-6-5-9(12)8-10(11)13/h1,5-6,8H,3-4,7,13H2. The molecule has 0 aliphatic rings. The Labute approximate surface area is 89.0 Å². The van der Waals surface area contributed by atoms with Crippen LogP contribution in [0.25, 0.3) is 0 Å². The molecule has 1 aromatic carbocycles. The van der Waals surface area contributed by atoms with E-state index < -0.39 is 0 Å². The molecule has 2 nitrogen and oxygen atoms in total. The molecule has 0 atom stereocenters. The minimum absolute atomic E-state index is 0.554. The monoisotopic (exact) mass is 209 g/mol. The Morgan fingerprint density at radius 2 is 2.29 bits per heavy atom. The molecule has 0 unspecified atom stereocenters. The van der Waals surface area contributed by atoms with Crippen LogP contribution in [0.1, 0.15) is 12.8 Å². The van der Waals surface area contributed by atoms with Gasteiger partial charge in [-0.05, 0) is 24.6 Å². The summed E-state index contributed by atoms with van der Waals surface area (Å²) in [5.41, 5.74) is 6.24. The summed E-state index contributed by atoms with van der Waals surface area (Å²) in [6.07, 6.45) is 6.66. The SMILES string of the molecule is C#CCCCOc1ccc(Cl)cc1N. The maximum Gasteiger partial charge on any atom is 0.142 e. The summed E-state index contributed by atoms with van der Waals surface area (Å²) in [6.45, 7) is 0.579. The molecule has 0 heterocycles. The highest BCUT2D eigenvalue weighted by Gasteiger charge is 1.99. The van der Waals surface area contributed by atoms with Gasteiger partial charge in [-0.25, -0.2) is 0 Å². The topological polar surface area (TPSA) is 35.2 Å². The van der Waals surface area contributed by atoms with Crippen LogP contribution in [-0.2, 0) is 0 Å². The Hall–Kier alpha value is -1.33. The van der Waals surface area contributed by atoms with Crippen molar-refractivity contribution in [3.8, 4) is 18.1 Å². The number of terminal acetylenes is 1. The maximum atomic E-state index is 5.74. The number of unbranched alkanes of at least 4 members (excludes halogenated alkanes) is 1. The van der Waals surface area contributed by atoms with E-state index in [0.29, 0.717) is 29.5 Å². The molecular formula is C11H12ClNO. The van der Waals surface area contributed by atoms with E-state index in [0.717, 1.165) is 6.42 Å². The third-order valence-corrected chi connectivity index (χ3v) is 1.93. The number of rotatable bonds is 4. The van der Waals surface area contributed by atoms with E-state index >= 15 is 0 Å². The summed E-state index contributed by atoms with van der Waals surface area (Å²) in [5, 5.41) is 0.610. The second-order valence-electron chi connectivity index (χ2n) is 2.84. The van der Waals surface area contributed by atoms with Gasteiger partial charge in [0.15, 0.2) is 0 Å². The minimum Gasteiger partial charge on any atom is -0.491 e. The lowest BCUT2D eigenvalue weighted by atomic mass is 10.3. The van der Waals surface area contributed by atoms with Gasteiger partial charge in [-0.3, -0.25) is 0 Å². The molecule has 0 saturated carbocycles. The molecule has 2 N–H and O–H groups in total. The molecule has 0 radical (unpaired) electrons. The van der Waals surface area contributed by atoms with Crippen molar-refractivity contribution < 1.29 is 4.74 Å². The third kappa shape index (κ3) is 3.20. The molecule has 0 saturated heterocycles. The molecule has 0 aliphatic heterocycles. The maximum absolute atomic E-state index is 5.74. The van der Waals surface area contributed by atoms with Crippen molar-refractivity contribution in [2.24, 2.45) is 0 Å².